The van der Waals surface area contributed by atoms with Gasteiger partial charge in [-0.3, -0.25) is 9.69 Å². The van der Waals surface area contributed by atoms with Gasteiger partial charge in [0.25, 0.3) is 0 Å². The van der Waals surface area contributed by atoms with Crippen LogP contribution >= 0.6 is 0 Å². The van der Waals surface area contributed by atoms with Crippen molar-refractivity contribution in [1.82, 2.24) is 4.90 Å². The third-order valence-corrected chi connectivity index (χ3v) is 3.18. The van der Waals surface area contributed by atoms with Gasteiger partial charge in [0.2, 0.25) is 0 Å². The molecule has 1 rings (SSSR count). The van der Waals surface area contributed by atoms with Gasteiger partial charge in [0, 0.05) is 13.1 Å². The number of carbonyl (C=O) groups is 1. The van der Waals surface area contributed by atoms with E-state index in [2.05, 4.69) is 6.92 Å². The van der Waals surface area contributed by atoms with Crippen molar-refractivity contribution < 1.29 is 15.0 Å². The van der Waals surface area contributed by atoms with Crippen LogP contribution < -0.4 is 0 Å². The Morgan fingerprint density at radius 2 is 1.95 bits per heavy atom. The number of aliphatic hydroxyl groups excluding tert-OH is 1. The summed E-state index contributed by atoms with van der Waals surface area (Å²) in [5.41, 5.74) is 0.814. The van der Waals surface area contributed by atoms with Gasteiger partial charge in [-0.15, -0.1) is 0 Å². The Bertz CT molecular complexity index is 367. The number of benzene rings is 1. The lowest BCUT2D eigenvalue weighted by Crippen LogP contribution is -2.34. The van der Waals surface area contributed by atoms with Crippen LogP contribution in [-0.2, 0) is 4.79 Å². The maximum atomic E-state index is 11.4. The van der Waals surface area contributed by atoms with E-state index in [0.29, 0.717) is 13.1 Å². The molecular weight excluding hydrogens is 242 g/mol. The van der Waals surface area contributed by atoms with Crippen molar-refractivity contribution in [3.05, 3.63) is 35.9 Å². The molecule has 1 aromatic rings. The summed E-state index contributed by atoms with van der Waals surface area (Å²) in [5.74, 6) is -1.35. The van der Waals surface area contributed by atoms with E-state index in [4.69, 9.17) is 5.11 Å². The Morgan fingerprint density at radius 1 is 1.26 bits per heavy atom. The summed E-state index contributed by atoms with van der Waals surface area (Å²) >= 11 is 0. The molecule has 4 nitrogen and oxygen atoms in total. The quantitative estimate of drug-likeness (QED) is 0.716. The Kier molecular flexibility index (Phi) is 7.15. The molecule has 0 aliphatic carbocycles. The SMILES string of the molecule is CCCCN(CCO)CC(C(=O)O)c1ccccc1. The van der Waals surface area contributed by atoms with Crippen LogP contribution in [-0.4, -0.2) is 47.3 Å². The van der Waals surface area contributed by atoms with Crippen LogP contribution in [0.5, 0.6) is 0 Å². The summed E-state index contributed by atoms with van der Waals surface area (Å²) in [6.07, 6.45) is 2.08. The number of carboxylic acids is 1. The van der Waals surface area contributed by atoms with E-state index in [1.54, 1.807) is 0 Å². The van der Waals surface area contributed by atoms with Crippen molar-refractivity contribution in [1.29, 1.82) is 0 Å². The van der Waals surface area contributed by atoms with Gasteiger partial charge in [0.15, 0.2) is 0 Å². The summed E-state index contributed by atoms with van der Waals surface area (Å²) < 4.78 is 0. The molecule has 0 saturated carbocycles. The van der Waals surface area contributed by atoms with Crippen molar-refractivity contribution in [2.45, 2.75) is 25.7 Å². The second-order valence-electron chi connectivity index (χ2n) is 4.68. The van der Waals surface area contributed by atoms with Gasteiger partial charge in [-0.25, -0.2) is 0 Å². The molecule has 0 aliphatic heterocycles. The Hall–Kier alpha value is -1.39. The normalized spacial score (nSPS) is 12.6. The average Bonchev–Trinajstić information content (AvgIpc) is 2.42. The molecule has 0 amide bonds. The number of rotatable bonds is 9. The molecule has 1 atom stereocenters. The molecular formula is C15H23NO3. The predicted molar refractivity (Wildman–Crippen MR) is 75.3 cm³/mol. The lowest BCUT2D eigenvalue weighted by molar-refractivity contribution is -0.139. The van der Waals surface area contributed by atoms with Crippen LogP contribution in [0.2, 0.25) is 0 Å². The highest BCUT2D eigenvalue weighted by atomic mass is 16.4. The van der Waals surface area contributed by atoms with Crippen LogP contribution in [0.3, 0.4) is 0 Å². The van der Waals surface area contributed by atoms with E-state index in [-0.39, 0.29) is 6.61 Å². The van der Waals surface area contributed by atoms with Gasteiger partial charge in [-0.2, -0.15) is 0 Å². The minimum Gasteiger partial charge on any atom is -0.481 e. The molecule has 0 fully saturated rings. The van der Waals surface area contributed by atoms with E-state index < -0.39 is 11.9 Å². The third-order valence-electron chi connectivity index (χ3n) is 3.18. The summed E-state index contributed by atoms with van der Waals surface area (Å²) in [6, 6.07) is 9.28. The standard InChI is InChI=1S/C15H23NO3/c1-2-3-9-16(10-11-17)12-14(15(18)19)13-7-5-4-6-8-13/h4-8,14,17H,2-3,9-12H2,1H3,(H,18,19). The zero-order chi connectivity index (χ0) is 14.1. The first-order valence-electron chi connectivity index (χ1n) is 6.80. The Morgan fingerprint density at radius 3 is 2.47 bits per heavy atom. The first-order valence-corrected chi connectivity index (χ1v) is 6.80. The van der Waals surface area contributed by atoms with Gasteiger partial charge < -0.3 is 10.2 Å². The predicted octanol–water partition coefficient (Wildman–Crippen LogP) is 1.95. The van der Waals surface area contributed by atoms with Gasteiger partial charge in [0.1, 0.15) is 0 Å². The third kappa shape index (κ3) is 5.41. The highest BCUT2D eigenvalue weighted by molar-refractivity contribution is 5.76. The van der Waals surface area contributed by atoms with Crippen LogP contribution in [0.4, 0.5) is 0 Å². The fourth-order valence-electron chi connectivity index (χ4n) is 2.09. The van der Waals surface area contributed by atoms with E-state index in [1.165, 1.54) is 0 Å². The van der Waals surface area contributed by atoms with E-state index in [1.807, 2.05) is 35.2 Å². The molecule has 106 valence electrons. The topological polar surface area (TPSA) is 60.8 Å². The fourth-order valence-corrected chi connectivity index (χ4v) is 2.09. The molecule has 2 N–H and O–H groups in total. The first kappa shape index (κ1) is 15.7. The van der Waals surface area contributed by atoms with Gasteiger partial charge in [0.05, 0.1) is 12.5 Å². The monoisotopic (exact) mass is 265 g/mol. The van der Waals surface area contributed by atoms with Gasteiger partial charge in [-0.05, 0) is 18.5 Å². The summed E-state index contributed by atoms with van der Waals surface area (Å²) in [7, 11) is 0. The van der Waals surface area contributed by atoms with Crippen LogP contribution in [0, 0.1) is 0 Å². The van der Waals surface area contributed by atoms with Crippen molar-refractivity contribution in [2.75, 3.05) is 26.2 Å². The number of carboxylic acid groups (broad SMARTS) is 1. The second kappa shape index (κ2) is 8.67. The molecule has 0 saturated heterocycles. The first-order chi connectivity index (χ1) is 9.19. The van der Waals surface area contributed by atoms with Gasteiger partial charge >= 0.3 is 5.97 Å². The molecule has 0 aliphatic rings. The number of hydrogen-bond donors (Lipinski definition) is 2. The average molecular weight is 265 g/mol. The van der Waals surface area contributed by atoms with Crippen LogP contribution in [0.1, 0.15) is 31.2 Å². The zero-order valence-corrected chi connectivity index (χ0v) is 11.5. The molecule has 0 radical (unpaired) electrons. The van der Waals surface area contributed by atoms with Gasteiger partial charge in [-0.1, -0.05) is 43.7 Å². The minimum atomic E-state index is -0.814. The smallest absolute Gasteiger partial charge is 0.312 e. The van der Waals surface area contributed by atoms with E-state index in [9.17, 15) is 9.90 Å². The highest BCUT2D eigenvalue weighted by Crippen LogP contribution is 2.17. The molecule has 0 spiro atoms. The molecule has 0 heterocycles. The maximum Gasteiger partial charge on any atom is 0.312 e. The van der Waals surface area contributed by atoms with Crippen LogP contribution in [0.15, 0.2) is 30.3 Å². The Balaban J connectivity index is 2.73. The van der Waals surface area contributed by atoms with Crippen molar-refractivity contribution >= 4 is 5.97 Å². The highest BCUT2D eigenvalue weighted by Gasteiger charge is 2.22. The minimum absolute atomic E-state index is 0.0604. The van der Waals surface area contributed by atoms with E-state index in [0.717, 1.165) is 24.9 Å². The van der Waals surface area contributed by atoms with Crippen molar-refractivity contribution in [3.63, 3.8) is 0 Å². The lowest BCUT2D eigenvalue weighted by Gasteiger charge is -2.25. The van der Waals surface area contributed by atoms with E-state index >= 15 is 0 Å². The van der Waals surface area contributed by atoms with Crippen molar-refractivity contribution in [3.8, 4) is 0 Å². The van der Waals surface area contributed by atoms with Crippen LogP contribution in [0.25, 0.3) is 0 Å². The molecule has 4 heteroatoms. The zero-order valence-electron chi connectivity index (χ0n) is 11.5. The molecule has 1 aromatic carbocycles. The summed E-state index contributed by atoms with van der Waals surface area (Å²) in [5, 5.41) is 18.4. The molecule has 19 heavy (non-hydrogen) atoms. The number of aliphatic carboxylic acids is 1. The molecule has 0 bridgehead atoms. The maximum absolute atomic E-state index is 11.4. The number of unbranched alkanes of at least 4 members (excludes halogenated alkanes) is 1. The number of aliphatic hydroxyl groups is 1. The summed E-state index contributed by atoms with van der Waals surface area (Å²) in [6.45, 7) is 3.96. The molecule has 1 unspecified atom stereocenters. The van der Waals surface area contributed by atoms with Crippen molar-refractivity contribution in [2.24, 2.45) is 0 Å². The number of nitrogens with zero attached hydrogens (tertiary/aromatic N) is 1. The summed E-state index contributed by atoms with van der Waals surface area (Å²) in [4.78, 5) is 13.4. The molecule has 0 aromatic heterocycles. The Labute approximate surface area is 114 Å². The fraction of sp³-hybridized carbons (Fsp3) is 0.533. The second-order valence-corrected chi connectivity index (χ2v) is 4.68. The largest absolute Gasteiger partial charge is 0.481 e. The lowest BCUT2D eigenvalue weighted by atomic mass is 9.98. The number of hydrogen-bond acceptors (Lipinski definition) is 3.